The fourth-order valence-electron chi connectivity index (χ4n) is 11.7. The molecule has 10 N–H and O–H groups in total. The van der Waals surface area contributed by atoms with Crippen molar-refractivity contribution in [2.45, 2.75) is 199 Å². The fraction of sp³-hybridized carbons (Fsp3) is 0.651. The SMILES string of the molecule is CC(C)C[C@@H]1NC(=O)[C@@H]2CCCNCCCNCCC[C@H](NC(=O)[C@H](C(C)C)NC(=O)[C@@H]3CCCN3C(=O)[C@@H](Cc3ccccc3)NC1=O)C(=O)N[C@@H](CC(C)C)C(=O)N[C@H](Cc1ccccc1)C(=O)N1CCC[C@H]1C(=O)N[C@@H](C(C)C)C(=O)N2. The van der Waals surface area contributed by atoms with Crippen LogP contribution in [0.2, 0.25) is 0 Å². The quantitative estimate of drug-likeness (QED) is 0.163. The molecule has 22 nitrogen and oxygen atoms in total. The lowest BCUT2D eigenvalue weighted by atomic mass is 9.98. The van der Waals surface area contributed by atoms with Gasteiger partial charge in [-0.3, -0.25) is 47.9 Å². The van der Waals surface area contributed by atoms with Crippen LogP contribution in [0, 0.1) is 23.7 Å². The average Bonchev–Trinajstić information content (AvgIpc) is 4.41. The van der Waals surface area contributed by atoms with Gasteiger partial charge in [0.2, 0.25) is 59.1 Å². The first-order valence-corrected chi connectivity index (χ1v) is 31.1. The van der Waals surface area contributed by atoms with E-state index < -0.39 is 131 Å². The highest BCUT2D eigenvalue weighted by Crippen LogP contribution is 2.24. The van der Waals surface area contributed by atoms with Crippen LogP contribution in [0.3, 0.4) is 0 Å². The number of nitrogens with one attached hydrogen (secondary N) is 10. The Hall–Kier alpha value is -6.94. The van der Waals surface area contributed by atoms with Gasteiger partial charge in [-0.2, -0.15) is 0 Å². The van der Waals surface area contributed by atoms with Crippen LogP contribution in [0.1, 0.15) is 137 Å². The number of carbonyl (C=O) groups is 10. The zero-order valence-corrected chi connectivity index (χ0v) is 51.3. The number of hydrogen-bond donors (Lipinski definition) is 10. The highest BCUT2D eigenvalue weighted by Gasteiger charge is 2.43. The second-order valence-electron chi connectivity index (χ2n) is 25.0. The summed E-state index contributed by atoms with van der Waals surface area (Å²) < 4.78 is 0. The first-order chi connectivity index (χ1) is 40.6. The van der Waals surface area contributed by atoms with E-state index in [1.807, 2.05) is 88.4 Å². The van der Waals surface area contributed by atoms with Gasteiger partial charge in [-0.25, -0.2) is 0 Å². The molecule has 0 aliphatic carbocycles. The third kappa shape index (κ3) is 20.1. The number of amides is 10. The summed E-state index contributed by atoms with van der Waals surface area (Å²) in [6.45, 7) is 17.1. The normalized spacial score (nSPS) is 27.8. The van der Waals surface area contributed by atoms with Crippen molar-refractivity contribution < 1.29 is 47.9 Å². The Balaban J connectivity index is 1.45. The molecule has 2 bridgehead atoms. The largest absolute Gasteiger partial charge is 0.343 e. The van der Waals surface area contributed by atoms with Gasteiger partial charge in [0.1, 0.15) is 60.4 Å². The van der Waals surface area contributed by atoms with Crippen LogP contribution in [0.4, 0.5) is 0 Å². The summed E-state index contributed by atoms with van der Waals surface area (Å²) in [5, 5.41) is 30.2. The van der Waals surface area contributed by atoms with Crippen molar-refractivity contribution in [3.8, 4) is 0 Å². The summed E-state index contributed by atoms with van der Waals surface area (Å²) >= 11 is 0. The van der Waals surface area contributed by atoms with E-state index in [2.05, 4.69) is 53.2 Å². The first kappa shape index (κ1) is 67.2. The predicted octanol–water partition coefficient (Wildman–Crippen LogP) is 1.89. The summed E-state index contributed by atoms with van der Waals surface area (Å²) in [6.07, 6.45) is 3.68. The molecule has 10 amide bonds. The monoisotopic (exact) mass is 1180 g/mol. The molecule has 4 fully saturated rings. The minimum atomic E-state index is -1.20. The molecule has 4 heterocycles. The summed E-state index contributed by atoms with van der Waals surface area (Å²) in [6, 6.07) is 6.68. The van der Waals surface area contributed by atoms with Crippen LogP contribution >= 0.6 is 0 Å². The fourth-order valence-corrected chi connectivity index (χ4v) is 11.7. The van der Waals surface area contributed by atoms with Gasteiger partial charge >= 0.3 is 0 Å². The van der Waals surface area contributed by atoms with Gasteiger partial charge in [-0.1, -0.05) is 116 Å². The summed E-state index contributed by atoms with van der Waals surface area (Å²) in [5.41, 5.74) is 1.45. The predicted molar refractivity (Wildman–Crippen MR) is 323 cm³/mol. The number of carbonyl (C=O) groups excluding carboxylic acids is 10. The van der Waals surface area contributed by atoms with E-state index in [0.717, 1.165) is 11.1 Å². The number of rotatable bonds is 10. The molecule has 4 aliphatic heterocycles. The Kier molecular flexibility index (Phi) is 26.2. The van der Waals surface area contributed by atoms with Crippen molar-refractivity contribution in [1.82, 2.24) is 63.0 Å². The van der Waals surface area contributed by atoms with Crippen LogP contribution < -0.4 is 53.2 Å². The van der Waals surface area contributed by atoms with Crippen molar-refractivity contribution in [3.63, 3.8) is 0 Å². The highest BCUT2D eigenvalue weighted by molar-refractivity contribution is 6.00. The summed E-state index contributed by atoms with van der Waals surface area (Å²) in [4.78, 5) is 150. The second kappa shape index (κ2) is 33.1. The van der Waals surface area contributed by atoms with E-state index in [-0.39, 0.29) is 76.3 Å². The van der Waals surface area contributed by atoms with Gasteiger partial charge in [-0.15, -0.1) is 0 Å². The third-order valence-corrected chi connectivity index (χ3v) is 16.3. The Labute approximate surface area is 502 Å². The van der Waals surface area contributed by atoms with Crippen LogP contribution in [0.25, 0.3) is 0 Å². The van der Waals surface area contributed by atoms with Crippen LogP contribution in [-0.2, 0) is 60.8 Å². The zero-order chi connectivity index (χ0) is 61.7. The molecule has 10 atom stereocenters. The van der Waals surface area contributed by atoms with Crippen molar-refractivity contribution >= 4 is 59.1 Å². The maximum Gasteiger partial charge on any atom is 0.246 e. The molecule has 0 spiro atoms. The Morgan fingerprint density at radius 2 is 0.729 bits per heavy atom. The molecule has 4 aliphatic rings. The van der Waals surface area contributed by atoms with E-state index in [0.29, 0.717) is 58.3 Å². The van der Waals surface area contributed by atoms with Crippen molar-refractivity contribution in [1.29, 1.82) is 0 Å². The van der Waals surface area contributed by atoms with Gasteiger partial charge in [0.25, 0.3) is 0 Å². The Morgan fingerprint density at radius 3 is 1.08 bits per heavy atom. The summed E-state index contributed by atoms with van der Waals surface area (Å²) in [7, 11) is 0. The molecule has 468 valence electrons. The molecule has 2 aromatic carbocycles. The van der Waals surface area contributed by atoms with Crippen LogP contribution in [0.5, 0.6) is 0 Å². The molecule has 4 saturated heterocycles. The lowest BCUT2D eigenvalue weighted by Gasteiger charge is -2.33. The minimum Gasteiger partial charge on any atom is -0.343 e. The number of benzene rings is 2. The van der Waals surface area contributed by atoms with Gasteiger partial charge in [0.15, 0.2) is 0 Å². The maximum atomic E-state index is 15.0. The highest BCUT2D eigenvalue weighted by atomic mass is 16.2. The molecule has 2 aromatic rings. The molecule has 0 unspecified atom stereocenters. The third-order valence-electron chi connectivity index (χ3n) is 16.3. The van der Waals surface area contributed by atoms with E-state index in [1.54, 1.807) is 27.7 Å². The topological polar surface area (TPSA) is 297 Å². The molecule has 85 heavy (non-hydrogen) atoms. The Morgan fingerprint density at radius 1 is 0.376 bits per heavy atom. The van der Waals surface area contributed by atoms with Gasteiger partial charge in [0.05, 0.1) is 0 Å². The molecule has 22 heteroatoms. The molecule has 6 rings (SSSR count). The summed E-state index contributed by atoms with van der Waals surface area (Å²) in [5.74, 6) is -7.38. The standard InChI is InChI=1S/C63H96N12O10/c1-38(2)34-46-56(78)70-48(36-42-20-11-9-12-21-42)62(84)74-32-17-26-50(74)58(80)73-53(41(7)8)61(83)67-45-25-16-29-65-31-19-30-64-28-15-24-44(54(76)68-46)66-60(82)52(40(5)6)72-59(81)51-27-18-33-75(51)63(85)49(37-43-22-13-10-14-23-43)71-57(79)47(35-39(3)4)69-55(45)77/h9-14,20-23,38-41,44-53,64-65H,15-19,24-37H2,1-8H3,(H,66,82)(H,67,83)(H,68,76)(H,69,77)(H,70,78)(H,71,79)(H,72,81)(H,73,80)/t44-,45-,46-,47-,48+,49+,50-,51-,52-,53-/m0/s1. The van der Waals surface area contributed by atoms with E-state index >= 15 is 0 Å². The Bertz CT molecular complexity index is 2410. The molecule has 0 saturated carbocycles. The van der Waals surface area contributed by atoms with Crippen molar-refractivity contribution in [2.75, 3.05) is 39.3 Å². The van der Waals surface area contributed by atoms with E-state index in [4.69, 9.17) is 0 Å². The van der Waals surface area contributed by atoms with E-state index in [1.165, 1.54) is 9.80 Å². The smallest absolute Gasteiger partial charge is 0.246 e. The molecule has 0 aromatic heterocycles. The number of nitrogens with zero attached hydrogens (tertiary/aromatic N) is 2. The van der Waals surface area contributed by atoms with Crippen LogP contribution in [-0.4, -0.2) is 169 Å². The van der Waals surface area contributed by atoms with Crippen molar-refractivity contribution in [3.05, 3.63) is 71.8 Å². The lowest BCUT2D eigenvalue weighted by Crippen LogP contribution is -2.62. The average molecular weight is 1180 g/mol. The van der Waals surface area contributed by atoms with Crippen LogP contribution in [0.15, 0.2) is 60.7 Å². The van der Waals surface area contributed by atoms with Gasteiger partial charge in [-0.05, 0) is 132 Å². The second-order valence-corrected chi connectivity index (χ2v) is 25.0. The minimum absolute atomic E-state index is 0.0450. The van der Waals surface area contributed by atoms with Crippen molar-refractivity contribution in [2.24, 2.45) is 23.7 Å². The lowest BCUT2D eigenvalue weighted by molar-refractivity contribution is -0.143. The maximum absolute atomic E-state index is 15.0. The first-order valence-electron chi connectivity index (χ1n) is 31.1. The molecular weight excluding hydrogens is 1080 g/mol. The van der Waals surface area contributed by atoms with E-state index in [9.17, 15) is 47.9 Å². The number of hydrogen-bond acceptors (Lipinski definition) is 12. The zero-order valence-electron chi connectivity index (χ0n) is 51.3. The molecular formula is C63H96N12O10. The number of fused-ring (bicyclic) bond motifs is 14. The van der Waals surface area contributed by atoms with Gasteiger partial charge in [0, 0.05) is 25.9 Å². The molecule has 0 radical (unpaired) electrons. The van der Waals surface area contributed by atoms with Gasteiger partial charge < -0.3 is 63.0 Å².